The largest absolute Gasteiger partial charge is 0.508 e. The maximum absolute atomic E-state index is 16.9. The molecule has 1 unspecified atom stereocenters. The number of rotatable bonds is 6. The van der Waals surface area contributed by atoms with Crippen molar-refractivity contribution in [2.45, 2.75) is 69.5 Å². The molecule has 4 atom stereocenters. The van der Waals surface area contributed by atoms with Crippen molar-refractivity contribution in [1.29, 1.82) is 0 Å². The van der Waals surface area contributed by atoms with Gasteiger partial charge < -0.3 is 20.1 Å². The molecule has 7 nitrogen and oxygen atoms in total. The van der Waals surface area contributed by atoms with Gasteiger partial charge in [-0.25, -0.2) is 17.6 Å². The molecule has 4 aliphatic heterocycles. The Labute approximate surface area is 264 Å². The van der Waals surface area contributed by atoms with E-state index in [0.29, 0.717) is 31.4 Å². The molecule has 46 heavy (non-hydrogen) atoms. The first-order valence-corrected chi connectivity index (χ1v) is 16.2. The van der Waals surface area contributed by atoms with E-state index < -0.39 is 23.6 Å². The molecule has 2 bridgehead atoms. The van der Waals surface area contributed by atoms with E-state index in [2.05, 4.69) is 33.9 Å². The van der Waals surface area contributed by atoms with Crippen LogP contribution < -0.4 is 15.0 Å². The second kappa shape index (κ2) is 10.7. The van der Waals surface area contributed by atoms with Gasteiger partial charge in [-0.05, 0) is 86.0 Å². The molecule has 4 aliphatic rings. The lowest BCUT2D eigenvalue weighted by atomic mass is 9.91. The number of fused-ring (bicyclic) bond motifs is 5. The quantitative estimate of drug-likeness (QED) is 0.222. The first kappa shape index (κ1) is 29.7. The molecular weight excluding hydrogens is 598 g/mol. The number of anilines is 1. The maximum atomic E-state index is 16.9. The van der Waals surface area contributed by atoms with Crippen molar-refractivity contribution in [2.24, 2.45) is 5.92 Å². The second-order valence-electron chi connectivity index (χ2n) is 14.2. The van der Waals surface area contributed by atoms with Crippen molar-refractivity contribution >= 4 is 27.5 Å². The standard InChI is InChI=1S/C35H37F4N5O2/c1-19-14-35(8-4-10-44(35)15-19)18-46-33-40-30-25(32(41-33)43-16-21-7-9-34(2,17-43)42-21)13-26(36)28(29(30)37)24-12-22(45)11-20-5-3-6-23(27(20)24)31(38)39/h3,5-6,11-13,19,21,31,42,45H,4,7-10,14-18H2,1-2H3/t19-,21?,34+,35+/m1/s1. The van der Waals surface area contributed by atoms with E-state index in [1.165, 1.54) is 30.3 Å². The third-order valence-electron chi connectivity index (χ3n) is 10.7. The number of alkyl halides is 2. The Hall–Kier alpha value is -3.70. The summed E-state index contributed by atoms with van der Waals surface area (Å²) >= 11 is 0. The zero-order chi connectivity index (χ0) is 32.0. The predicted molar refractivity (Wildman–Crippen MR) is 169 cm³/mol. The number of phenols is 1. The summed E-state index contributed by atoms with van der Waals surface area (Å²) in [7, 11) is 0. The van der Waals surface area contributed by atoms with Gasteiger partial charge in [-0.1, -0.05) is 25.1 Å². The Balaban J connectivity index is 1.30. The molecule has 8 rings (SSSR count). The zero-order valence-electron chi connectivity index (χ0n) is 25.9. The lowest BCUT2D eigenvalue weighted by Gasteiger charge is -2.40. The summed E-state index contributed by atoms with van der Waals surface area (Å²) in [6.07, 6.45) is 2.13. The highest BCUT2D eigenvalue weighted by Gasteiger charge is 2.48. The Kier molecular flexibility index (Phi) is 6.88. The average molecular weight is 636 g/mol. The molecule has 0 radical (unpaired) electrons. The molecule has 2 N–H and O–H groups in total. The molecule has 4 saturated heterocycles. The van der Waals surface area contributed by atoms with Crippen molar-refractivity contribution in [1.82, 2.24) is 20.2 Å². The smallest absolute Gasteiger partial charge is 0.319 e. The van der Waals surface area contributed by atoms with Gasteiger partial charge in [0.15, 0.2) is 5.82 Å². The van der Waals surface area contributed by atoms with Crippen LogP contribution in [0.5, 0.6) is 11.8 Å². The van der Waals surface area contributed by atoms with E-state index >= 15 is 8.78 Å². The van der Waals surface area contributed by atoms with Gasteiger partial charge in [-0.2, -0.15) is 9.97 Å². The van der Waals surface area contributed by atoms with Crippen LogP contribution in [0.15, 0.2) is 36.4 Å². The highest BCUT2D eigenvalue weighted by molar-refractivity contribution is 6.03. The number of aromatic hydroxyl groups is 1. The van der Waals surface area contributed by atoms with Crippen LogP contribution in [0.4, 0.5) is 23.4 Å². The summed E-state index contributed by atoms with van der Waals surface area (Å²) in [6.45, 7) is 7.94. The van der Waals surface area contributed by atoms with Gasteiger partial charge in [0.2, 0.25) is 0 Å². The van der Waals surface area contributed by atoms with Crippen LogP contribution in [-0.4, -0.2) is 69.9 Å². The van der Waals surface area contributed by atoms with Crippen LogP contribution in [0.25, 0.3) is 32.8 Å². The summed E-state index contributed by atoms with van der Waals surface area (Å²) in [4.78, 5) is 13.9. The summed E-state index contributed by atoms with van der Waals surface area (Å²) in [5.74, 6) is -1.34. The van der Waals surface area contributed by atoms with Crippen LogP contribution in [-0.2, 0) is 0 Å². The van der Waals surface area contributed by atoms with Crippen LogP contribution in [0, 0.1) is 17.6 Å². The van der Waals surface area contributed by atoms with Crippen molar-refractivity contribution in [3.63, 3.8) is 0 Å². The number of piperazine rings is 1. The molecule has 0 spiro atoms. The topological polar surface area (TPSA) is 73.8 Å². The van der Waals surface area contributed by atoms with E-state index in [-0.39, 0.29) is 61.7 Å². The van der Waals surface area contributed by atoms with Gasteiger partial charge in [0, 0.05) is 42.2 Å². The molecular formula is C35H37F4N5O2. The minimum atomic E-state index is -2.90. The number of aromatic nitrogens is 2. The highest BCUT2D eigenvalue weighted by Crippen LogP contribution is 2.45. The van der Waals surface area contributed by atoms with E-state index in [9.17, 15) is 13.9 Å². The number of halogens is 4. The Morgan fingerprint density at radius 3 is 2.78 bits per heavy atom. The highest BCUT2D eigenvalue weighted by atomic mass is 19.3. The van der Waals surface area contributed by atoms with E-state index in [1.807, 2.05) is 0 Å². The Morgan fingerprint density at radius 1 is 1.13 bits per heavy atom. The second-order valence-corrected chi connectivity index (χ2v) is 14.2. The average Bonchev–Trinajstić information content (AvgIpc) is 3.63. The molecule has 11 heteroatoms. The van der Waals surface area contributed by atoms with Crippen LogP contribution in [0.2, 0.25) is 0 Å². The van der Waals surface area contributed by atoms with E-state index in [4.69, 9.17) is 9.72 Å². The van der Waals surface area contributed by atoms with Gasteiger partial charge in [0.05, 0.1) is 11.1 Å². The summed E-state index contributed by atoms with van der Waals surface area (Å²) in [5.41, 5.74) is -1.53. The number of ether oxygens (including phenoxy) is 1. The first-order chi connectivity index (χ1) is 22.0. The lowest BCUT2D eigenvalue weighted by molar-refractivity contribution is 0.107. The molecule has 4 aromatic rings. The maximum Gasteiger partial charge on any atom is 0.319 e. The zero-order valence-corrected chi connectivity index (χ0v) is 25.9. The third kappa shape index (κ3) is 4.76. The number of nitrogens with zero attached hydrogens (tertiary/aromatic N) is 4. The minimum Gasteiger partial charge on any atom is -0.508 e. The molecule has 1 aromatic heterocycles. The molecule has 242 valence electrons. The Morgan fingerprint density at radius 2 is 1.98 bits per heavy atom. The van der Waals surface area contributed by atoms with E-state index in [1.54, 1.807) is 0 Å². The fourth-order valence-electron chi connectivity index (χ4n) is 8.86. The van der Waals surface area contributed by atoms with E-state index in [0.717, 1.165) is 51.3 Å². The summed E-state index contributed by atoms with van der Waals surface area (Å²) in [6, 6.07) is 8.03. The van der Waals surface area contributed by atoms with Crippen molar-refractivity contribution in [3.8, 4) is 22.9 Å². The molecule has 3 aromatic carbocycles. The van der Waals surface area contributed by atoms with Crippen LogP contribution >= 0.6 is 0 Å². The van der Waals surface area contributed by atoms with Crippen molar-refractivity contribution in [3.05, 3.63) is 53.6 Å². The molecule has 5 heterocycles. The van der Waals surface area contributed by atoms with Crippen molar-refractivity contribution < 1.29 is 27.4 Å². The number of hydrogen-bond donors (Lipinski definition) is 2. The fourth-order valence-corrected chi connectivity index (χ4v) is 8.86. The molecule has 0 aliphatic carbocycles. The first-order valence-electron chi connectivity index (χ1n) is 16.2. The third-order valence-corrected chi connectivity index (χ3v) is 10.7. The van der Waals surface area contributed by atoms with Crippen molar-refractivity contribution in [2.75, 3.05) is 37.7 Å². The number of hydrogen-bond acceptors (Lipinski definition) is 7. The van der Waals surface area contributed by atoms with Gasteiger partial charge >= 0.3 is 6.01 Å². The summed E-state index contributed by atoms with van der Waals surface area (Å²) in [5, 5.41) is 14.6. The molecule has 4 fully saturated rings. The van der Waals surface area contributed by atoms with Gasteiger partial charge in [0.1, 0.15) is 29.5 Å². The fraction of sp³-hybridized carbons (Fsp3) is 0.486. The number of benzene rings is 3. The predicted octanol–water partition coefficient (Wildman–Crippen LogP) is 6.96. The van der Waals surface area contributed by atoms with Crippen LogP contribution in [0.1, 0.15) is 57.9 Å². The van der Waals surface area contributed by atoms with Crippen LogP contribution in [0.3, 0.4) is 0 Å². The number of nitrogens with one attached hydrogen (secondary N) is 1. The minimum absolute atomic E-state index is 0.00445. The van der Waals surface area contributed by atoms with Gasteiger partial charge in [-0.3, -0.25) is 4.90 Å². The summed E-state index contributed by atoms with van der Waals surface area (Å²) < 4.78 is 67.9. The monoisotopic (exact) mass is 635 g/mol. The van der Waals surface area contributed by atoms with Gasteiger partial charge in [-0.15, -0.1) is 0 Å². The Bertz CT molecular complexity index is 1870. The SMILES string of the molecule is C[C@H]1CN2CCC[C@@]2(COc2nc(N3CC4CC[C@@](C)(C3)N4)c3cc(F)c(-c4cc(O)cc5cccc(C(F)F)c45)c(F)c3n2)C1. The molecule has 0 saturated carbocycles. The normalized spacial score (nSPS) is 27.8. The number of phenolic OH excluding ortho intramolecular Hbond substituents is 1. The molecule has 0 amide bonds. The lowest BCUT2D eigenvalue weighted by Crippen LogP contribution is -2.58. The van der Waals surface area contributed by atoms with Gasteiger partial charge in [0.25, 0.3) is 6.43 Å².